The van der Waals surface area contributed by atoms with Crippen LogP contribution in [-0.4, -0.2) is 40.7 Å². The average Bonchev–Trinajstić information content (AvgIpc) is 3.75. The second-order valence-electron chi connectivity index (χ2n) is 9.80. The van der Waals surface area contributed by atoms with Gasteiger partial charge in [-0.05, 0) is 36.8 Å². The summed E-state index contributed by atoms with van der Waals surface area (Å²) < 4.78 is 5.82. The topological polar surface area (TPSA) is 90.8 Å². The first-order valence-electron chi connectivity index (χ1n) is 13.1. The van der Waals surface area contributed by atoms with Crippen LogP contribution in [0.15, 0.2) is 97.8 Å². The molecule has 0 bridgehead atoms. The summed E-state index contributed by atoms with van der Waals surface area (Å²) in [5.74, 6) is -0.762. The molecule has 0 atom stereocenters. The lowest BCUT2D eigenvalue weighted by Crippen LogP contribution is -2.31. The lowest BCUT2D eigenvalue weighted by molar-refractivity contribution is -0.119. The molecule has 0 saturated carbocycles. The van der Waals surface area contributed by atoms with Crippen molar-refractivity contribution in [3.63, 3.8) is 0 Å². The van der Waals surface area contributed by atoms with Crippen LogP contribution in [0.1, 0.15) is 17.7 Å². The second-order valence-corrected chi connectivity index (χ2v) is 9.80. The van der Waals surface area contributed by atoms with Gasteiger partial charge in [-0.25, -0.2) is 19.5 Å². The van der Waals surface area contributed by atoms with Gasteiger partial charge in [-0.1, -0.05) is 36.4 Å². The molecule has 0 N–H and O–H groups in total. The number of rotatable bonds is 7. The first-order chi connectivity index (χ1) is 19.6. The van der Waals surface area contributed by atoms with Crippen molar-refractivity contribution in [2.75, 3.05) is 4.90 Å². The van der Waals surface area contributed by atoms with E-state index in [-0.39, 0.29) is 11.5 Å². The number of carbonyl (C=O) groups excluding carboxylic acids is 2. The number of pyridine rings is 1. The number of anilines is 1. The lowest BCUT2D eigenvalue weighted by atomic mass is 9.98. The maximum absolute atomic E-state index is 14.2. The molecule has 7 rings (SSSR count). The van der Waals surface area contributed by atoms with Gasteiger partial charge in [0.2, 0.25) is 0 Å². The van der Waals surface area contributed by atoms with Gasteiger partial charge in [0.1, 0.15) is 5.69 Å². The SMILES string of the molecule is Cn1cc(C2=C(c3nn(CCCn4ccnc4)c4ncccc34)C(=O)N(c3ccccc3)C2=O)c2ccccc21. The van der Waals surface area contributed by atoms with E-state index >= 15 is 0 Å². The Morgan fingerprint density at radius 2 is 1.57 bits per heavy atom. The molecule has 5 heterocycles. The molecule has 4 aromatic heterocycles. The van der Waals surface area contributed by atoms with Crippen LogP contribution in [0.25, 0.3) is 33.1 Å². The fourth-order valence-electron chi connectivity index (χ4n) is 5.52. The van der Waals surface area contributed by atoms with Crippen LogP contribution in [-0.2, 0) is 29.7 Å². The number of hydrogen-bond donors (Lipinski definition) is 0. The first-order valence-corrected chi connectivity index (χ1v) is 13.1. The predicted molar refractivity (Wildman–Crippen MR) is 153 cm³/mol. The van der Waals surface area contributed by atoms with Crippen molar-refractivity contribution in [1.29, 1.82) is 0 Å². The van der Waals surface area contributed by atoms with Crippen molar-refractivity contribution in [3.8, 4) is 0 Å². The van der Waals surface area contributed by atoms with Crippen molar-refractivity contribution in [2.45, 2.75) is 19.5 Å². The summed E-state index contributed by atoms with van der Waals surface area (Å²) in [5, 5.41) is 6.56. The number of imide groups is 1. The molecular weight excluding hydrogens is 502 g/mol. The minimum Gasteiger partial charge on any atom is -0.350 e. The van der Waals surface area contributed by atoms with Crippen LogP contribution in [0.2, 0.25) is 0 Å². The highest BCUT2D eigenvalue weighted by Gasteiger charge is 2.43. The molecule has 0 spiro atoms. The number of benzene rings is 2. The molecule has 2 aromatic carbocycles. The van der Waals surface area contributed by atoms with E-state index in [2.05, 4.69) is 9.97 Å². The van der Waals surface area contributed by atoms with E-state index in [1.807, 2.05) is 87.9 Å². The molecule has 2 amide bonds. The largest absolute Gasteiger partial charge is 0.350 e. The van der Waals surface area contributed by atoms with Crippen LogP contribution in [0.4, 0.5) is 5.69 Å². The number of fused-ring (bicyclic) bond motifs is 2. The van der Waals surface area contributed by atoms with E-state index in [0.717, 1.165) is 29.3 Å². The van der Waals surface area contributed by atoms with Crippen LogP contribution in [0.3, 0.4) is 0 Å². The number of nitrogens with zero attached hydrogens (tertiary/aromatic N) is 7. The van der Waals surface area contributed by atoms with Gasteiger partial charge in [0, 0.05) is 66.8 Å². The minimum atomic E-state index is -0.395. The third kappa shape index (κ3) is 3.74. The van der Waals surface area contributed by atoms with Crippen LogP contribution < -0.4 is 4.90 Å². The fourth-order valence-corrected chi connectivity index (χ4v) is 5.52. The van der Waals surface area contributed by atoms with E-state index in [1.54, 1.807) is 30.9 Å². The second kappa shape index (κ2) is 9.46. The van der Waals surface area contributed by atoms with Crippen molar-refractivity contribution < 1.29 is 9.59 Å². The highest BCUT2D eigenvalue weighted by atomic mass is 16.2. The number of aryl methyl sites for hydroxylation is 3. The van der Waals surface area contributed by atoms with Gasteiger partial charge in [0.05, 0.1) is 23.2 Å². The third-order valence-corrected chi connectivity index (χ3v) is 7.35. The van der Waals surface area contributed by atoms with Gasteiger partial charge >= 0.3 is 0 Å². The van der Waals surface area contributed by atoms with E-state index < -0.39 is 5.91 Å². The van der Waals surface area contributed by atoms with Crippen LogP contribution in [0.5, 0.6) is 0 Å². The number of amides is 2. The van der Waals surface area contributed by atoms with Crippen molar-refractivity contribution in [3.05, 3.63) is 109 Å². The molecule has 0 unspecified atom stereocenters. The number of para-hydroxylation sites is 2. The summed E-state index contributed by atoms with van der Waals surface area (Å²) in [5.41, 5.74) is 3.97. The van der Waals surface area contributed by atoms with Crippen LogP contribution >= 0.6 is 0 Å². The molecule has 0 aliphatic carbocycles. The maximum Gasteiger partial charge on any atom is 0.268 e. The Bertz CT molecular complexity index is 1930. The Kier molecular flexibility index (Phi) is 5.62. The molecule has 6 aromatic rings. The summed E-state index contributed by atoms with van der Waals surface area (Å²) >= 11 is 0. The smallest absolute Gasteiger partial charge is 0.268 e. The predicted octanol–water partition coefficient (Wildman–Crippen LogP) is 4.69. The highest BCUT2D eigenvalue weighted by molar-refractivity contribution is 6.58. The molecule has 40 heavy (non-hydrogen) atoms. The van der Waals surface area contributed by atoms with Gasteiger partial charge < -0.3 is 9.13 Å². The van der Waals surface area contributed by atoms with E-state index in [1.165, 1.54) is 4.90 Å². The number of imidazole rings is 1. The summed E-state index contributed by atoms with van der Waals surface area (Å²) in [6.45, 7) is 1.36. The van der Waals surface area contributed by atoms with Crippen molar-refractivity contribution in [2.24, 2.45) is 7.05 Å². The summed E-state index contributed by atoms with van der Waals surface area (Å²) in [6, 6.07) is 20.7. The van der Waals surface area contributed by atoms with E-state index in [9.17, 15) is 9.59 Å². The zero-order chi connectivity index (χ0) is 27.2. The molecule has 9 heteroatoms. The monoisotopic (exact) mass is 527 g/mol. The number of carbonyl (C=O) groups is 2. The Labute approximate surface area is 229 Å². The summed E-state index contributed by atoms with van der Waals surface area (Å²) in [6.07, 6.45) is 9.90. The lowest BCUT2D eigenvalue weighted by Gasteiger charge is -2.14. The Hall–Kier alpha value is -5.31. The molecular formula is C31H25N7O2. The minimum absolute atomic E-state index is 0.288. The number of hydrogen-bond acceptors (Lipinski definition) is 5. The summed E-state index contributed by atoms with van der Waals surface area (Å²) in [7, 11) is 1.94. The Morgan fingerprint density at radius 3 is 2.40 bits per heavy atom. The highest BCUT2D eigenvalue weighted by Crippen LogP contribution is 2.42. The quantitative estimate of drug-likeness (QED) is 0.281. The third-order valence-electron chi connectivity index (χ3n) is 7.35. The number of aromatic nitrogens is 6. The van der Waals surface area contributed by atoms with Gasteiger partial charge in [-0.15, -0.1) is 0 Å². The zero-order valence-electron chi connectivity index (χ0n) is 21.8. The standard InChI is InChI=1S/C31H25N7O2/c1-35-19-24(22-11-5-6-13-25(22)35)26-27(31(40)38(30(26)39)21-9-3-2-4-10-21)28-23-12-7-14-33-29(23)37(34-28)17-8-16-36-18-15-32-20-36/h2-7,9-15,18-20H,8,16-17H2,1H3. The molecule has 0 fully saturated rings. The van der Waals surface area contributed by atoms with Gasteiger partial charge in [0.25, 0.3) is 11.8 Å². The fraction of sp³-hybridized carbons (Fsp3) is 0.129. The average molecular weight is 528 g/mol. The summed E-state index contributed by atoms with van der Waals surface area (Å²) in [4.78, 5) is 38.4. The van der Waals surface area contributed by atoms with Gasteiger partial charge in [-0.3, -0.25) is 9.59 Å². The molecule has 9 nitrogen and oxygen atoms in total. The van der Waals surface area contributed by atoms with Crippen molar-refractivity contribution in [1.82, 2.24) is 28.9 Å². The molecule has 1 aliphatic rings. The Morgan fingerprint density at radius 1 is 0.800 bits per heavy atom. The zero-order valence-corrected chi connectivity index (χ0v) is 21.8. The molecule has 0 radical (unpaired) electrons. The molecule has 1 aliphatic heterocycles. The van der Waals surface area contributed by atoms with Gasteiger partial charge in [-0.2, -0.15) is 5.10 Å². The van der Waals surface area contributed by atoms with Gasteiger partial charge in [0.15, 0.2) is 5.65 Å². The first kappa shape index (κ1) is 23.8. The maximum atomic E-state index is 14.2. The molecule has 196 valence electrons. The molecule has 0 saturated heterocycles. The Balaban J connectivity index is 1.42. The van der Waals surface area contributed by atoms with Crippen LogP contribution in [0, 0.1) is 0 Å². The van der Waals surface area contributed by atoms with E-state index in [0.29, 0.717) is 34.7 Å². The normalized spacial score (nSPS) is 13.9. The van der Waals surface area contributed by atoms with E-state index in [4.69, 9.17) is 5.10 Å². The van der Waals surface area contributed by atoms with Crippen molar-refractivity contribution >= 4 is 50.6 Å².